The van der Waals surface area contributed by atoms with Crippen molar-refractivity contribution in [3.05, 3.63) is 77.7 Å². The van der Waals surface area contributed by atoms with Crippen molar-refractivity contribution in [1.82, 2.24) is 9.78 Å². The highest BCUT2D eigenvalue weighted by Gasteiger charge is 2.15. The highest BCUT2D eigenvalue weighted by Crippen LogP contribution is 2.27. The molecule has 7 heteroatoms. The quantitative estimate of drug-likeness (QED) is 0.661. The summed E-state index contributed by atoms with van der Waals surface area (Å²) in [5, 5.41) is 21.8. The number of nitriles is 1. The third-order valence-corrected chi connectivity index (χ3v) is 3.37. The minimum absolute atomic E-state index is 0.00136. The summed E-state index contributed by atoms with van der Waals surface area (Å²) in [7, 11) is 0. The van der Waals surface area contributed by atoms with Crippen LogP contribution in [0.2, 0.25) is 0 Å². The van der Waals surface area contributed by atoms with Gasteiger partial charge in [0.25, 0.3) is 0 Å². The summed E-state index contributed by atoms with van der Waals surface area (Å²) >= 11 is 0. The second-order valence-corrected chi connectivity index (χ2v) is 5.05. The van der Waals surface area contributed by atoms with Gasteiger partial charge in [-0.15, -0.1) is 0 Å². The average molecular weight is 341 g/mol. The highest BCUT2D eigenvalue weighted by molar-refractivity contribution is 5.87. The van der Waals surface area contributed by atoms with Gasteiger partial charge in [0.1, 0.15) is 11.6 Å². The van der Waals surface area contributed by atoms with E-state index in [0.717, 1.165) is 12.1 Å². The molecule has 0 saturated carbocycles. The van der Waals surface area contributed by atoms with Crippen LogP contribution in [0.15, 0.2) is 54.9 Å². The van der Waals surface area contributed by atoms with Gasteiger partial charge in [-0.2, -0.15) is 10.4 Å². The number of aromatic carboxylic acids is 1. The lowest BCUT2D eigenvalue weighted by Crippen LogP contribution is -1.97. The van der Waals surface area contributed by atoms with Gasteiger partial charge >= 0.3 is 5.97 Å². The minimum atomic E-state index is -1.12. The number of aromatic nitrogens is 2. The van der Waals surface area contributed by atoms with Gasteiger partial charge in [0.15, 0.2) is 0 Å². The van der Waals surface area contributed by atoms with E-state index in [1.54, 1.807) is 13.0 Å². The van der Waals surface area contributed by atoms with E-state index >= 15 is 0 Å². The molecule has 1 aromatic carbocycles. The molecule has 1 N–H and O–H groups in total. The monoisotopic (exact) mass is 341 g/mol. The number of hydrogen-bond acceptors (Lipinski definition) is 3. The Bertz CT molecular complexity index is 929. The summed E-state index contributed by atoms with van der Waals surface area (Å²) in [6, 6.07) is 5.16. The Morgan fingerprint density at radius 2 is 2.00 bits per heavy atom. The van der Waals surface area contributed by atoms with E-state index in [1.807, 2.05) is 0 Å². The number of nitrogens with zero attached hydrogens (tertiary/aromatic N) is 3. The van der Waals surface area contributed by atoms with Crippen LogP contribution in [0.4, 0.5) is 8.78 Å². The van der Waals surface area contributed by atoms with E-state index in [-0.39, 0.29) is 22.3 Å². The Labute approximate surface area is 142 Å². The minimum Gasteiger partial charge on any atom is -0.478 e. The summed E-state index contributed by atoms with van der Waals surface area (Å²) in [5.74, 6) is -2.76. The number of carboxylic acid groups (broad SMARTS) is 1. The first-order valence-corrected chi connectivity index (χ1v) is 7.05. The first kappa shape index (κ1) is 17.8. The Morgan fingerprint density at radius 1 is 1.36 bits per heavy atom. The van der Waals surface area contributed by atoms with Crippen LogP contribution in [0.3, 0.4) is 0 Å². The fourth-order valence-corrected chi connectivity index (χ4v) is 2.06. The van der Waals surface area contributed by atoms with E-state index in [2.05, 4.69) is 11.7 Å². The SMILES string of the molecule is C=C(C#N)/C(=C\C=C(/C)n1cc(C(=O)O)cn1)c1c(F)cccc1F. The summed E-state index contributed by atoms with van der Waals surface area (Å²) in [5.41, 5.74) is -0.00128. The van der Waals surface area contributed by atoms with Gasteiger partial charge in [0.2, 0.25) is 0 Å². The molecule has 1 heterocycles. The first-order valence-electron chi connectivity index (χ1n) is 7.05. The molecular formula is C18H13F2N3O2. The van der Waals surface area contributed by atoms with E-state index < -0.39 is 17.6 Å². The maximum absolute atomic E-state index is 14.0. The van der Waals surface area contributed by atoms with Crippen molar-refractivity contribution in [2.75, 3.05) is 0 Å². The van der Waals surface area contributed by atoms with Crippen molar-refractivity contribution in [3.63, 3.8) is 0 Å². The van der Waals surface area contributed by atoms with Crippen LogP contribution in [-0.2, 0) is 0 Å². The Kier molecular flexibility index (Phi) is 5.25. The zero-order valence-electron chi connectivity index (χ0n) is 13.2. The van der Waals surface area contributed by atoms with Crippen molar-refractivity contribution in [2.24, 2.45) is 0 Å². The van der Waals surface area contributed by atoms with Crippen molar-refractivity contribution >= 4 is 17.2 Å². The van der Waals surface area contributed by atoms with E-state index in [4.69, 9.17) is 10.4 Å². The highest BCUT2D eigenvalue weighted by atomic mass is 19.1. The standard InChI is InChI=1S/C18H13F2N3O2/c1-11(8-21)14(17-15(19)4-3-5-16(17)20)7-6-12(2)23-10-13(9-22-23)18(24)25/h3-7,9-10H,1H2,2H3,(H,24,25)/b12-6+,14-7+. The Balaban J connectivity index is 2.49. The van der Waals surface area contributed by atoms with Gasteiger partial charge in [0, 0.05) is 17.5 Å². The van der Waals surface area contributed by atoms with E-state index in [0.29, 0.717) is 5.70 Å². The number of allylic oxidation sites excluding steroid dienone is 5. The van der Waals surface area contributed by atoms with E-state index in [1.165, 1.54) is 35.3 Å². The number of carbonyl (C=O) groups is 1. The normalized spacial score (nSPS) is 11.9. The van der Waals surface area contributed by atoms with Gasteiger partial charge in [-0.25, -0.2) is 18.3 Å². The largest absolute Gasteiger partial charge is 0.478 e. The topological polar surface area (TPSA) is 78.9 Å². The predicted molar refractivity (Wildman–Crippen MR) is 88.2 cm³/mol. The molecule has 1 aromatic heterocycles. The molecule has 0 unspecified atom stereocenters. The lowest BCUT2D eigenvalue weighted by Gasteiger charge is -2.08. The molecule has 2 rings (SSSR count). The van der Waals surface area contributed by atoms with Crippen LogP contribution in [0.25, 0.3) is 11.3 Å². The number of rotatable bonds is 5. The van der Waals surface area contributed by atoms with Crippen molar-refractivity contribution in [2.45, 2.75) is 6.92 Å². The molecule has 0 atom stereocenters. The zero-order chi connectivity index (χ0) is 18.6. The number of halogens is 2. The molecule has 0 saturated heterocycles. The lowest BCUT2D eigenvalue weighted by molar-refractivity contribution is 0.0697. The third kappa shape index (κ3) is 3.87. The van der Waals surface area contributed by atoms with Crippen molar-refractivity contribution in [1.29, 1.82) is 5.26 Å². The third-order valence-electron chi connectivity index (χ3n) is 3.37. The molecule has 0 bridgehead atoms. The van der Waals surface area contributed by atoms with Crippen LogP contribution in [0.5, 0.6) is 0 Å². The molecule has 2 aromatic rings. The van der Waals surface area contributed by atoms with Gasteiger partial charge in [0.05, 0.1) is 29.0 Å². The zero-order valence-corrected chi connectivity index (χ0v) is 13.2. The second-order valence-electron chi connectivity index (χ2n) is 5.05. The molecule has 0 aliphatic heterocycles. The van der Waals surface area contributed by atoms with Crippen LogP contribution in [-0.4, -0.2) is 20.9 Å². The molecule has 126 valence electrons. The molecule has 0 aliphatic carbocycles. The van der Waals surface area contributed by atoms with Crippen LogP contribution >= 0.6 is 0 Å². The van der Waals surface area contributed by atoms with Gasteiger partial charge < -0.3 is 5.11 Å². The number of benzene rings is 1. The summed E-state index contributed by atoms with van der Waals surface area (Å²) < 4.78 is 29.3. The van der Waals surface area contributed by atoms with Gasteiger partial charge in [-0.05, 0) is 25.1 Å². The molecule has 0 spiro atoms. The van der Waals surface area contributed by atoms with E-state index in [9.17, 15) is 13.6 Å². The predicted octanol–water partition coefficient (Wildman–Crippen LogP) is 3.88. The summed E-state index contributed by atoms with van der Waals surface area (Å²) in [6.45, 7) is 5.14. The lowest BCUT2D eigenvalue weighted by atomic mass is 9.98. The van der Waals surface area contributed by atoms with Gasteiger partial charge in [-0.3, -0.25) is 0 Å². The molecule has 25 heavy (non-hydrogen) atoms. The molecule has 0 radical (unpaired) electrons. The number of carboxylic acids is 1. The van der Waals surface area contributed by atoms with Gasteiger partial charge in [-0.1, -0.05) is 18.7 Å². The Morgan fingerprint density at radius 3 is 2.52 bits per heavy atom. The van der Waals surface area contributed by atoms with Crippen LogP contribution in [0.1, 0.15) is 22.8 Å². The fourth-order valence-electron chi connectivity index (χ4n) is 2.06. The first-order chi connectivity index (χ1) is 11.8. The average Bonchev–Trinajstić information content (AvgIpc) is 3.07. The molecule has 0 fully saturated rings. The fraction of sp³-hybridized carbons (Fsp3) is 0.0556. The van der Waals surface area contributed by atoms with Crippen LogP contribution < -0.4 is 0 Å². The van der Waals surface area contributed by atoms with Crippen molar-refractivity contribution in [3.8, 4) is 6.07 Å². The second kappa shape index (κ2) is 7.36. The smallest absolute Gasteiger partial charge is 0.338 e. The maximum atomic E-state index is 14.0. The maximum Gasteiger partial charge on any atom is 0.338 e. The molecule has 0 amide bonds. The Hall–Kier alpha value is -3.53. The molecule has 5 nitrogen and oxygen atoms in total. The van der Waals surface area contributed by atoms with Crippen molar-refractivity contribution < 1.29 is 18.7 Å². The molecular weight excluding hydrogens is 328 g/mol. The summed E-state index contributed by atoms with van der Waals surface area (Å²) in [4.78, 5) is 10.9. The number of hydrogen-bond donors (Lipinski definition) is 1. The summed E-state index contributed by atoms with van der Waals surface area (Å²) in [6.07, 6.45) is 5.27. The van der Waals surface area contributed by atoms with Crippen LogP contribution in [0, 0.1) is 23.0 Å². The molecule has 0 aliphatic rings.